The van der Waals surface area contributed by atoms with E-state index in [4.69, 9.17) is 5.73 Å². The average Bonchev–Trinajstić information content (AvgIpc) is 2.02. The first-order valence-corrected chi connectivity index (χ1v) is 5.03. The van der Waals surface area contributed by atoms with Crippen LogP contribution in [0.15, 0.2) is 0 Å². The van der Waals surface area contributed by atoms with E-state index in [1.807, 2.05) is 13.8 Å². The van der Waals surface area contributed by atoms with Crippen LogP contribution in [0.4, 0.5) is 0 Å². The Balaban J connectivity index is 3.82. The zero-order chi connectivity index (χ0) is 10.4. The standard InChI is InChI=1S/C10H22N2O/c1-5-8(4)12-10(13)9(11)6-7(2)3/h7-9H,5-6,11H2,1-4H3,(H,12,13). The molecule has 0 heterocycles. The van der Waals surface area contributed by atoms with Gasteiger partial charge in [0.15, 0.2) is 0 Å². The number of nitrogens with one attached hydrogen (secondary N) is 1. The molecule has 13 heavy (non-hydrogen) atoms. The molecule has 0 bridgehead atoms. The molecule has 3 heteroatoms. The lowest BCUT2D eigenvalue weighted by Gasteiger charge is -2.17. The van der Waals surface area contributed by atoms with Crippen LogP contribution in [-0.4, -0.2) is 18.0 Å². The number of hydrogen-bond acceptors (Lipinski definition) is 2. The minimum atomic E-state index is -0.353. The topological polar surface area (TPSA) is 55.1 Å². The minimum Gasteiger partial charge on any atom is -0.352 e. The van der Waals surface area contributed by atoms with Gasteiger partial charge in [0.05, 0.1) is 6.04 Å². The number of amides is 1. The van der Waals surface area contributed by atoms with Gasteiger partial charge < -0.3 is 11.1 Å². The Morgan fingerprint density at radius 2 is 1.92 bits per heavy atom. The van der Waals surface area contributed by atoms with E-state index in [0.717, 1.165) is 12.8 Å². The summed E-state index contributed by atoms with van der Waals surface area (Å²) in [6.07, 6.45) is 1.70. The molecule has 3 nitrogen and oxygen atoms in total. The van der Waals surface area contributed by atoms with Crippen LogP contribution in [0.2, 0.25) is 0 Å². The Morgan fingerprint density at radius 3 is 2.31 bits per heavy atom. The quantitative estimate of drug-likeness (QED) is 0.679. The summed E-state index contributed by atoms with van der Waals surface area (Å²) in [4.78, 5) is 11.4. The summed E-state index contributed by atoms with van der Waals surface area (Å²) < 4.78 is 0. The van der Waals surface area contributed by atoms with Gasteiger partial charge in [-0.1, -0.05) is 20.8 Å². The maximum absolute atomic E-state index is 11.4. The summed E-state index contributed by atoms with van der Waals surface area (Å²) in [5.74, 6) is 0.445. The smallest absolute Gasteiger partial charge is 0.237 e. The second-order valence-corrected chi connectivity index (χ2v) is 4.05. The van der Waals surface area contributed by atoms with Crippen molar-refractivity contribution in [1.82, 2.24) is 5.32 Å². The van der Waals surface area contributed by atoms with Crippen LogP contribution in [0.5, 0.6) is 0 Å². The van der Waals surface area contributed by atoms with Gasteiger partial charge in [0.25, 0.3) is 0 Å². The van der Waals surface area contributed by atoms with E-state index in [9.17, 15) is 4.79 Å². The molecule has 0 rings (SSSR count). The van der Waals surface area contributed by atoms with E-state index in [1.165, 1.54) is 0 Å². The second-order valence-electron chi connectivity index (χ2n) is 4.05. The number of rotatable bonds is 5. The van der Waals surface area contributed by atoms with E-state index in [-0.39, 0.29) is 18.0 Å². The van der Waals surface area contributed by atoms with Crippen LogP contribution in [0.1, 0.15) is 40.5 Å². The van der Waals surface area contributed by atoms with Gasteiger partial charge in [-0.3, -0.25) is 4.79 Å². The van der Waals surface area contributed by atoms with Crippen LogP contribution in [0.25, 0.3) is 0 Å². The van der Waals surface area contributed by atoms with Gasteiger partial charge in [0.2, 0.25) is 5.91 Å². The zero-order valence-corrected chi connectivity index (χ0v) is 9.13. The van der Waals surface area contributed by atoms with Gasteiger partial charge >= 0.3 is 0 Å². The highest BCUT2D eigenvalue weighted by Gasteiger charge is 2.15. The van der Waals surface area contributed by atoms with Crippen molar-refractivity contribution in [2.24, 2.45) is 11.7 Å². The molecule has 0 aromatic carbocycles. The van der Waals surface area contributed by atoms with Crippen molar-refractivity contribution < 1.29 is 4.79 Å². The molecule has 0 aliphatic carbocycles. The fourth-order valence-electron chi connectivity index (χ4n) is 1.07. The molecular weight excluding hydrogens is 164 g/mol. The van der Waals surface area contributed by atoms with E-state index >= 15 is 0 Å². The maximum Gasteiger partial charge on any atom is 0.237 e. The molecule has 0 aliphatic heterocycles. The summed E-state index contributed by atoms with van der Waals surface area (Å²) in [5.41, 5.74) is 5.71. The molecule has 2 unspecified atom stereocenters. The third-order valence-corrected chi connectivity index (χ3v) is 2.06. The average molecular weight is 186 g/mol. The summed E-state index contributed by atoms with van der Waals surface area (Å²) in [6.45, 7) is 8.16. The minimum absolute atomic E-state index is 0.0250. The summed E-state index contributed by atoms with van der Waals surface area (Å²) in [7, 11) is 0. The van der Waals surface area contributed by atoms with Crippen molar-refractivity contribution in [3.8, 4) is 0 Å². The van der Waals surface area contributed by atoms with Crippen LogP contribution < -0.4 is 11.1 Å². The largest absolute Gasteiger partial charge is 0.352 e. The predicted octanol–water partition coefficient (Wildman–Crippen LogP) is 1.27. The van der Waals surface area contributed by atoms with E-state index in [1.54, 1.807) is 0 Å². The third kappa shape index (κ3) is 5.64. The summed E-state index contributed by atoms with van der Waals surface area (Å²) in [6, 6.07) is -0.125. The molecule has 0 fully saturated rings. The fraction of sp³-hybridized carbons (Fsp3) is 0.900. The molecule has 0 aromatic heterocycles. The molecule has 0 spiro atoms. The van der Waals surface area contributed by atoms with Crippen LogP contribution >= 0.6 is 0 Å². The van der Waals surface area contributed by atoms with E-state index < -0.39 is 0 Å². The van der Waals surface area contributed by atoms with E-state index in [2.05, 4.69) is 19.2 Å². The molecule has 0 radical (unpaired) electrons. The van der Waals surface area contributed by atoms with Crippen LogP contribution in [-0.2, 0) is 4.79 Å². The van der Waals surface area contributed by atoms with Crippen LogP contribution in [0.3, 0.4) is 0 Å². The molecule has 78 valence electrons. The zero-order valence-electron chi connectivity index (χ0n) is 9.13. The molecule has 1 amide bonds. The highest BCUT2D eigenvalue weighted by molar-refractivity contribution is 5.81. The Labute approximate surface area is 81.1 Å². The Hall–Kier alpha value is -0.570. The normalized spacial score (nSPS) is 15.5. The molecule has 2 atom stereocenters. The number of nitrogens with two attached hydrogens (primary N) is 1. The number of carbonyl (C=O) groups excluding carboxylic acids is 1. The van der Waals surface area contributed by atoms with Crippen LogP contribution in [0, 0.1) is 5.92 Å². The number of hydrogen-bond donors (Lipinski definition) is 2. The molecule has 0 saturated carbocycles. The van der Waals surface area contributed by atoms with E-state index in [0.29, 0.717) is 5.92 Å². The Bertz CT molecular complexity index is 157. The van der Waals surface area contributed by atoms with Crippen molar-refractivity contribution in [2.45, 2.75) is 52.6 Å². The Morgan fingerprint density at radius 1 is 1.38 bits per heavy atom. The molecule has 0 aromatic rings. The Kier molecular flexibility index (Phi) is 5.71. The first-order valence-electron chi connectivity index (χ1n) is 5.03. The van der Waals surface area contributed by atoms with Gasteiger partial charge in [-0.2, -0.15) is 0 Å². The second kappa shape index (κ2) is 5.97. The van der Waals surface area contributed by atoms with Gasteiger partial charge in [0, 0.05) is 6.04 Å². The first kappa shape index (κ1) is 12.4. The van der Waals surface area contributed by atoms with Gasteiger partial charge in [-0.05, 0) is 25.7 Å². The fourth-order valence-corrected chi connectivity index (χ4v) is 1.07. The first-order chi connectivity index (χ1) is 5.97. The van der Waals surface area contributed by atoms with Gasteiger partial charge in [0.1, 0.15) is 0 Å². The van der Waals surface area contributed by atoms with Crippen molar-refractivity contribution in [3.05, 3.63) is 0 Å². The molecular formula is C10H22N2O. The van der Waals surface area contributed by atoms with Crippen molar-refractivity contribution in [3.63, 3.8) is 0 Å². The van der Waals surface area contributed by atoms with Crippen molar-refractivity contribution >= 4 is 5.91 Å². The molecule has 3 N–H and O–H groups in total. The van der Waals surface area contributed by atoms with Crippen molar-refractivity contribution in [1.29, 1.82) is 0 Å². The maximum atomic E-state index is 11.4. The van der Waals surface area contributed by atoms with Crippen molar-refractivity contribution in [2.75, 3.05) is 0 Å². The highest BCUT2D eigenvalue weighted by Crippen LogP contribution is 2.03. The van der Waals surface area contributed by atoms with Gasteiger partial charge in [-0.15, -0.1) is 0 Å². The highest BCUT2D eigenvalue weighted by atomic mass is 16.2. The monoisotopic (exact) mass is 186 g/mol. The molecule has 0 aliphatic rings. The summed E-state index contributed by atoms with van der Waals surface area (Å²) >= 11 is 0. The number of carbonyl (C=O) groups is 1. The predicted molar refractivity (Wildman–Crippen MR) is 55.3 cm³/mol. The molecule has 0 saturated heterocycles. The third-order valence-electron chi connectivity index (χ3n) is 2.06. The SMILES string of the molecule is CCC(C)NC(=O)C(N)CC(C)C. The lowest BCUT2D eigenvalue weighted by molar-refractivity contribution is -0.123. The lowest BCUT2D eigenvalue weighted by Crippen LogP contribution is -2.44. The van der Waals surface area contributed by atoms with Gasteiger partial charge in [-0.25, -0.2) is 0 Å². The lowest BCUT2D eigenvalue weighted by atomic mass is 10.0. The summed E-state index contributed by atoms with van der Waals surface area (Å²) in [5, 5.41) is 2.87.